The third-order valence-electron chi connectivity index (χ3n) is 5.25. The first-order chi connectivity index (χ1) is 15.1. The molecule has 2 amide bonds. The topological polar surface area (TPSA) is 84.4 Å². The second-order valence-corrected chi connectivity index (χ2v) is 7.39. The summed E-state index contributed by atoms with van der Waals surface area (Å²) in [6.07, 6.45) is 3.20. The van der Waals surface area contributed by atoms with Gasteiger partial charge in [-0.3, -0.25) is 9.59 Å². The van der Waals surface area contributed by atoms with Crippen molar-refractivity contribution in [3.05, 3.63) is 83.9 Å². The van der Waals surface area contributed by atoms with Crippen LogP contribution >= 0.6 is 0 Å². The highest BCUT2D eigenvalue weighted by Crippen LogP contribution is 2.30. The molecule has 7 nitrogen and oxygen atoms in total. The fraction of sp³-hybridized carbons (Fsp3) is 0.250. The zero-order chi connectivity index (χ0) is 21.6. The van der Waals surface area contributed by atoms with Gasteiger partial charge in [0.05, 0.1) is 17.3 Å². The highest BCUT2D eigenvalue weighted by Gasteiger charge is 2.32. The van der Waals surface area contributed by atoms with Gasteiger partial charge in [-0.05, 0) is 44.0 Å². The van der Waals surface area contributed by atoms with Crippen LogP contribution in [0, 0.1) is 6.92 Å². The van der Waals surface area contributed by atoms with Gasteiger partial charge >= 0.3 is 0 Å². The lowest BCUT2D eigenvalue weighted by Gasteiger charge is -2.24. The molecule has 0 aliphatic carbocycles. The van der Waals surface area contributed by atoms with Crippen LogP contribution in [0.3, 0.4) is 0 Å². The number of carbonyl (C=O) groups is 2. The predicted molar refractivity (Wildman–Crippen MR) is 117 cm³/mol. The van der Waals surface area contributed by atoms with Crippen molar-refractivity contribution in [1.29, 1.82) is 0 Å². The molecule has 1 N–H and O–H groups in total. The molecule has 1 fully saturated rings. The predicted octanol–water partition coefficient (Wildman–Crippen LogP) is 3.78. The van der Waals surface area contributed by atoms with Crippen LogP contribution in [0.25, 0.3) is 0 Å². The Kier molecular flexibility index (Phi) is 6.21. The molecule has 3 aromatic rings. The lowest BCUT2D eigenvalue weighted by Crippen LogP contribution is -2.35. The van der Waals surface area contributed by atoms with E-state index in [2.05, 4.69) is 15.3 Å². The molecular formula is C24H24N4O3. The van der Waals surface area contributed by atoms with Crippen LogP contribution in [0.2, 0.25) is 0 Å². The number of anilines is 1. The Morgan fingerprint density at radius 3 is 2.52 bits per heavy atom. The molecule has 0 spiro atoms. The van der Waals surface area contributed by atoms with Crippen molar-refractivity contribution in [3.63, 3.8) is 0 Å². The smallest absolute Gasteiger partial charge is 0.261 e. The molecule has 31 heavy (non-hydrogen) atoms. The maximum Gasteiger partial charge on any atom is 0.261 e. The van der Waals surface area contributed by atoms with Crippen LogP contribution in [-0.2, 0) is 4.79 Å². The number of para-hydroxylation sites is 2. The number of hydrogen-bond donors (Lipinski definition) is 1. The number of aromatic nitrogens is 2. The first kappa shape index (κ1) is 20.5. The Morgan fingerprint density at radius 2 is 1.81 bits per heavy atom. The van der Waals surface area contributed by atoms with E-state index in [0.29, 0.717) is 35.1 Å². The average Bonchev–Trinajstić information content (AvgIpc) is 3.29. The normalized spacial score (nSPS) is 15.5. The summed E-state index contributed by atoms with van der Waals surface area (Å²) in [6.45, 7) is 2.39. The Bertz CT molecular complexity index is 1060. The third-order valence-corrected chi connectivity index (χ3v) is 5.25. The van der Waals surface area contributed by atoms with Crippen molar-refractivity contribution >= 4 is 17.5 Å². The minimum atomic E-state index is -0.258. The van der Waals surface area contributed by atoms with Crippen LogP contribution in [0.15, 0.2) is 66.9 Å². The van der Waals surface area contributed by atoms with E-state index in [0.717, 1.165) is 12.8 Å². The Morgan fingerprint density at radius 1 is 1.10 bits per heavy atom. The van der Waals surface area contributed by atoms with E-state index in [-0.39, 0.29) is 24.5 Å². The number of carbonyl (C=O) groups excluding carboxylic acids is 2. The van der Waals surface area contributed by atoms with Gasteiger partial charge in [-0.2, -0.15) is 0 Å². The molecule has 1 unspecified atom stereocenters. The number of aryl methyl sites for hydroxylation is 1. The molecule has 7 heteroatoms. The molecule has 1 aromatic heterocycles. The maximum absolute atomic E-state index is 12.7. The molecule has 0 radical (unpaired) electrons. The monoisotopic (exact) mass is 416 g/mol. The Hall–Kier alpha value is -3.74. The van der Waals surface area contributed by atoms with Crippen molar-refractivity contribution < 1.29 is 14.3 Å². The number of nitrogens with zero attached hydrogens (tertiary/aromatic N) is 3. The first-order valence-corrected chi connectivity index (χ1v) is 10.3. The molecular weight excluding hydrogens is 392 g/mol. The summed E-state index contributed by atoms with van der Waals surface area (Å²) in [5, 5.41) is 2.85. The summed E-state index contributed by atoms with van der Waals surface area (Å²) >= 11 is 0. The second kappa shape index (κ2) is 9.38. The number of ether oxygens (including phenoxy) is 1. The maximum atomic E-state index is 12.7. The highest BCUT2D eigenvalue weighted by molar-refractivity contribution is 6.04. The molecule has 0 bridgehead atoms. The fourth-order valence-corrected chi connectivity index (χ4v) is 3.67. The number of rotatable bonds is 6. The van der Waals surface area contributed by atoms with Crippen molar-refractivity contribution in [1.82, 2.24) is 14.9 Å². The molecule has 1 aliphatic heterocycles. The lowest BCUT2D eigenvalue weighted by atomic mass is 10.1. The molecule has 4 rings (SSSR count). The highest BCUT2D eigenvalue weighted by atomic mass is 16.5. The van der Waals surface area contributed by atoms with Crippen molar-refractivity contribution in [2.75, 3.05) is 18.5 Å². The molecule has 1 atom stereocenters. The SMILES string of the molecule is Cc1nc(C2CCCN2C(=O)COc2ccccc2)ncc1C(=O)Nc1ccccc1. The summed E-state index contributed by atoms with van der Waals surface area (Å²) in [4.78, 5) is 36.1. The van der Waals surface area contributed by atoms with E-state index in [1.165, 1.54) is 6.20 Å². The minimum Gasteiger partial charge on any atom is -0.484 e. The molecule has 158 valence electrons. The zero-order valence-corrected chi connectivity index (χ0v) is 17.3. The minimum absolute atomic E-state index is 0.0307. The van der Waals surface area contributed by atoms with Crippen molar-refractivity contribution in [2.24, 2.45) is 0 Å². The van der Waals surface area contributed by atoms with Crippen LogP contribution in [0.5, 0.6) is 5.75 Å². The van der Waals surface area contributed by atoms with E-state index >= 15 is 0 Å². The Balaban J connectivity index is 1.43. The largest absolute Gasteiger partial charge is 0.484 e. The van der Waals surface area contributed by atoms with Crippen LogP contribution in [0.1, 0.15) is 40.8 Å². The van der Waals surface area contributed by atoms with Crippen LogP contribution in [-0.4, -0.2) is 39.8 Å². The number of likely N-dealkylation sites (tertiary alicyclic amines) is 1. The van der Waals surface area contributed by atoms with Gasteiger partial charge < -0.3 is 15.0 Å². The molecule has 2 heterocycles. The van der Waals surface area contributed by atoms with Crippen molar-refractivity contribution in [3.8, 4) is 5.75 Å². The summed E-state index contributed by atoms with van der Waals surface area (Å²) < 4.78 is 5.61. The van der Waals surface area contributed by atoms with Gasteiger partial charge in [-0.25, -0.2) is 9.97 Å². The molecule has 1 saturated heterocycles. The van der Waals surface area contributed by atoms with Gasteiger partial charge in [-0.15, -0.1) is 0 Å². The summed E-state index contributed by atoms with van der Waals surface area (Å²) in [7, 11) is 0. The lowest BCUT2D eigenvalue weighted by molar-refractivity contribution is -0.134. The fourth-order valence-electron chi connectivity index (χ4n) is 3.67. The van der Waals surface area contributed by atoms with E-state index < -0.39 is 0 Å². The number of nitrogens with one attached hydrogen (secondary N) is 1. The third kappa shape index (κ3) is 4.88. The van der Waals surface area contributed by atoms with E-state index in [4.69, 9.17) is 4.74 Å². The van der Waals surface area contributed by atoms with E-state index in [1.54, 1.807) is 11.8 Å². The van der Waals surface area contributed by atoms with Gasteiger partial charge in [0, 0.05) is 18.4 Å². The summed E-state index contributed by atoms with van der Waals surface area (Å²) in [5.41, 5.74) is 1.70. The number of benzene rings is 2. The van der Waals surface area contributed by atoms with Gasteiger partial charge in [0.1, 0.15) is 5.75 Å². The zero-order valence-electron chi connectivity index (χ0n) is 17.3. The first-order valence-electron chi connectivity index (χ1n) is 10.3. The number of amides is 2. The van der Waals surface area contributed by atoms with Gasteiger partial charge in [0.25, 0.3) is 11.8 Å². The van der Waals surface area contributed by atoms with Gasteiger partial charge in [-0.1, -0.05) is 36.4 Å². The summed E-state index contributed by atoms with van der Waals surface area (Å²) in [5.74, 6) is 0.858. The molecule has 2 aromatic carbocycles. The quantitative estimate of drug-likeness (QED) is 0.661. The van der Waals surface area contributed by atoms with E-state index in [9.17, 15) is 9.59 Å². The Labute approximate surface area is 181 Å². The summed E-state index contributed by atoms with van der Waals surface area (Å²) in [6, 6.07) is 18.3. The van der Waals surface area contributed by atoms with Crippen LogP contribution < -0.4 is 10.1 Å². The van der Waals surface area contributed by atoms with Gasteiger partial charge in [0.15, 0.2) is 12.4 Å². The molecule has 0 saturated carbocycles. The van der Waals surface area contributed by atoms with E-state index in [1.807, 2.05) is 60.7 Å². The van der Waals surface area contributed by atoms with Gasteiger partial charge in [0.2, 0.25) is 0 Å². The van der Waals surface area contributed by atoms with Crippen LogP contribution in [0.4, 0.5) is 5.69 Å². The molecule has 1 aliphatic rings. The standard InChI is InChI=1S/C24H24N4O3/c1-17-20(24(30)27-18-9-4-2-5-10-18)15-25-23(26-17)21-13-8-14-28(21)22(29)16-31-19-11-6-3-7-12-19/h2-7,9-12,15,21H,8,13-14,16H2,1H3,(H,27,30). The van der Waals surface area contributed by atoms with Crippen molar-refractivity contribution in [2.45, 2.75) is 25.8 Å². The number of hydrogen-bond acceptors (Lipinski definition) is 5. The average molecular weight is 416 g/mol. The second-order valence-electron chi connectivity index (χ2n) is 7.39.